The van der Waals surface area contributed by atoms with E-state index in [2.05, 4.69) is 32.5 Å². The molecule has 7 nitrogen and oxygen atoms in total. The van der Waals surface area contributed by atoms with E-state index >= 15 is 0 Å². The van der Waals surface area contributed by atoms with Gasteiger partial charge < -0.3 is 14.6 Å². The molecule has 1 fully saturated rings. The second kappa shape index (κ2) is 9.50. The highest BCUT2D eigenvalue weighted by Crippen LogP contribution is 2.27. The summed E-state index contributed by atoms with van der Waals surface area (Å²) in [6.07, 6.45) is 4.18. The van der Waals surface area contributed by atoms with Crippen molar-refractivity contribution in [1.82, 2.24) is 20.4 Å². The maximum atomic E-state index is 12.3. The molecule has 0 bridgehead atoms. The smallest absolute Gasteiger partial charge is 0.226 e. The van der Waals surface area contributed by atoms with E-state index < -0.39 is 0 Å². The Morgan fingerprint density at radius 1 is 1.37 bits per heavy atom. The van der Waals surface area contributed by atoms with E-state index in [4.69, 9.17) is 9.26 Å². The van der Waals surface area contributed by atoms with Crippen molar-refractivity contribution in [2.45, 2.75) is 45.1 Å². The molecule has 1 unspecified atom stereocenters. The summed E-state index contributed by atoms with van der Waals surface area (Å²) in [5.74, 6) is 2.11. The number of methoxy groups -OCH3 is 1. The van der Waals surface area contributed by atoms with Crippen molar-refractivity contribution in [2.24, 2.45) is 0 Å². The van der Waals surface area contributed by atoms with Crippen LogP contribution in [0.1, 0.15) is 49.0 Å². The summed E-state index contributed by atoms with van der Waals surface area (Å²) in [6, 6.07) is 8.29. The predicted octanol–water partition coefficient (Wildman–Crippen LogP) is 2.66. The fourth-order valence-electron chi connectivity index (χ4n) is 3.50. The minimum atomic E-state index is 0.0540. The fourth-order valence-corrected chi connectivity index (χ4v) is 3.50. The minimum Gasteiger partial charge on any atom is -0.497 e. The Hall–Kier alpha value is -2.41. The number of carbonyl (C=O) groups excluding carboxylic acids is 1. The number of rotatable bonds is 9. The van der Waals surface area contributed by atoms with Crippen LogP contribution in [0.5, 0.6) is 5.75 Å². The van der Waals surface area contributed by atoms with Crippen LogP contribution in [-0.4, -0.2) is 47.7 Å². The molecule has 0 saturated carbocycles. The van der Waals surface area contributed by atoms with Crippen LogP contribution in [0.3, 0.4) is 0 Å². The summed E-state index contributed by atoms with van der Waals surface area (Å²) in [7, 11) is 1.68. The van der Waals surface area contributed by atoms with Gasteiger partial charge in [-0.3, -0.25) is 9.69 Å². The maximum absolute atomic E-state index is 12.3. The molecule has 2 heterocycles. The molecule has 1 N–H and O–H groups in total. The Labute approximate surface area is 160 Å². The Morgan fingerprint density at radius 2 is 2.19 bits per heavy atom. The number of nitrogens with zero attached hydrogens (tertiary/aromatic N) is 3. The van der Waals surface area contributed by atoms with Crippen molar-refractivity contribution >= 4 is 5.91 Å². The second-order valence-electron chi connectivity index (χ2n) is 6.93. The van der Waals surface area contributed by atoms with Gasteiger partial charge in [0, 0.05) is 19.4 Å². The first-order valence-corrected chi connectivity index (χ1v) is 9.59. The van der Waals surface area contributed by atoms with Crippen molar-refractivity contribution in [1.29, 1.82) is 0 Å². The number of nitrogens with one attached hydrogen (secondary N) is 1. The highest BCUT2D eigenvalue weighted by Gasteiger charge is 2.24. The molecule has 1 amide bonds. The highest BCUT2D eigenvalue weighted by atomic mass is 16.5. The highest BCUT2D eigenvalue weighted by molar-refractivity contribution is 5.75. The molecular weight excluding hydrogens is 344 g/mol. The van der Waals surface area contributed by atoms with Gasteiger partial charge in [0.2, 0.25) is 11.8 Å². The molecule has 2 aromatic rings. The van der Waals surface area contributed by atoms with Crippen LogP contribution in [-0.2, 0) is 11.2 Å². The molecule has 7 heteroatoms. The summed E-state index contributed by atoms with van der Waals surface area (Å²) >= 11 is 0. The van der Waals surface area contributed by atoms with Crippen molar-refractivity contribution < 1.29 is 14.1 Å². The van der Waals surface area contributed by atoms with Gasteiger partial charge in [0.05, 0.1) is 13.2 Å². The average Bonchev–Trinajstić information content (AvgIpc) is 3.34. The largest absolute Gasteiger partial charge is 0.497 e. The summed E-state index contributed by atoms with van der Waals surface area (Å²) in [5, 5.41) is 6.86. The Kier molecular flexibility index (Phi) is 6.81. The molecule has 1 aromatic carbocycles. The van der Waals surface area contributed by atoms with Gasteiger partial charge in [0.1, 0.15) is 5.75 Å². The van der Waals surface area contributed by atoms with Crippen molar-refractivity contribution in [3.05, 3.63) is 41.5 Å². The zero-order valence-electron chi connectivity index (χ0n) is 16.1. The maximum Gasteiger partial charge on any atom is 0.226 e. The third-order valence-electron chi connectivity index (χ3n) is 4.92. The van der Waals surface area contributed by atoms with E-state index in [1.165, 1.54) is 18.4 Å². The molecule has 0 radical (unpaired) electrons. The number of amides is 1. The summed E-state index contributed by atoms with van der Waals surface area (Å²) in [6.45, 7) is 4.52. The lowest BCUT2D eigenvalue weighted by Gasteiger charge is -2.28. The number of likely N-dealkylation sites (tertiary alicyclic amines) is 1. The zero-order chi connectivity index (χ0) is 19.1. The Bertz CT molecular complexity index is 740. The molecule has 1 atom stereocenters. The molecule has 3 rings (SSSR count). The minimum absolute atomic E-state index is 0.0540. The quantitative estimate of drug-likeness (QED) is 0.729. The number of ether oxygens (including phenoxy) is 1. The number of aryl methyl sites for hydroxylation is 2. The van der Waals surface area contributed by atoms with Crippen LogP contribution in [0.15, 0.2) is 28.8 Å². The van der Waals surface area contributed by atoms with Crippen molar-refractivity contribution in [3.8, 4) is 5.75 Å². The number of benzene rings is 1. The third kappa shape index (κ3) is 5.53. The zero-order valence-corrected chi connectivity index (χ0v) is 16.1. The van der Waals surface area contributed by atoms with Gasteiger partial charge in [-0.25, -0.2) is 0 Å². The first-order valence-electron chi connectivity index (χ1n) is 9.59. The Balaban J connectivity index is 1.53. The molecular formula is C20H28N4O3. The van der Waals surface area contributed by atoms with E-state index in [9.17, 15) is 4.79 Å². The molecule has 146 valence electrons. The lowest BCUT2D eigenvalue weighted by Crippen LogP contribution is -2.36. The third-order valence-corrected chi connectivity index (χ3v) is 4.92. The van der Waals surface area contributed by atoms with Gasteiger partial charge in [-0.15, -0.1) is 0 Å². The number of carbonyl (C=O) groups is 1. The molecule has 1 aromatic heterocycles. The topological polar surface area (TPSA) is 80.5 Å². The van der Waals surface area contributed by atoms with Gasteiger partial charge in [-0.2, -0.15) is 4.98 Å². The standard InChI is InChI=1S/C20H28N4O3/c1-15-22-20(27-23-15)10-6-9-19(25)21-14-18(24-11-3-4-12-24)16-7-5-8-17(13-16)26-2/h5,7-8,13,18H,3-4,6,9-12,14H2,1-2H3,(H,21,25). The summed E-state index contributed by atoms with van der Waals surface area (Å²) in [4.78, 5) is 18.9. The molecule has 0 aliphatic carbocycles. The van der Waals surface area contributed by atoms with Gasteiger partial charge in [-0.05, 0) is 57.0 Å². The van der Waals surface area contributed by atoms with Crippen LogP contribution in [0, 0.1) is 6.92 Å². The normalized spacial score (nSPS) is 15.6. The van der Waals surface area contributed by atoms with Gasteiger partial charge in [0.15, 0.2) is 5.82 Å². The van der Waals surface area contributed by atoms with Crippen LogP contribution < -0.4 is 10.1 Å². The fraction of sp³-hybridized carbons (Fsp3) is 0.550. The van der Waals surface area contributed by atoms with E-state index in [1.807, 2.05) is 12.1 Å². The first-order chi connectivity index (χ1) is 13.2. The molecule has 1 aliphatic rings. The van der Waals surface area contributed by atoms with Crippen LogP contribution in [0.25, 0.3) is 0 Å². The second-order valence-corrected chi connectivity index (χ2v) is 6.93. The molecule has 1 saturated heterocycles. The number of hydrogen-bond acceptors (Lipinski definition) is 6. The van der Waals surface area contributed by atoms with E-state index in [0.717, 1.165) is 18.8 Å². The first kappa shape index (κ1) is 19.4. The van der Waals surface area contributed by atoms with Crippen molar-refractivity contribution in [3.63, 3.8) is 0 Å². The van der Waals surface area contributed by atoms with E-state index in [0.29, 0.717) is 37.5 Å². The molecule has 27 heavy (non-hydrogen) atoms. The summed E-state index contributed by atoms with van der Waals surface area (Å²) < 4.78 is 10.4. The summed E-state index contributed by atoms with van der Waals surface area (Å²) in [5.41, 5.74) is 1.18. The van der Waals surface area contributed by atoms with Crippen molar-refractivity contribution in [2.75, 3.05) is 26.7 Å². The lowest BCUT2D eigenvalue weighted by atomic mass is 10.0. The SMILES string of the molecule is COc1cccc(C(CNC(=O)CCCc2nc(C)no2)N2CCCC2)c1. The molecule has 1 aliphatic heterocycles. The van der Waals surface area contributed by atoms with E-state index in [1.54, 1.807) is 14.0 Å². The van der Waals surface area contributed by atoms with Crippen LogP contribution >= 0.6 is 0 Å². The number of aromatic nitrogens is 2. The van der Waals surface area contributed by atoms with Gasteiger partial charge in [-0.1, -0.05) is 17.3 Å². The van der Waals surface area contributed by atoms with Crippen LogP contribution in [0.2, 0.25) is 0 Å². The van der Waals surface area contributed by atoms with Gasteiger partial charge in [0.25, 0.3) is 0 Å². The monoisotopic (exact) mass is 372 g/mol. The number of hydrogen-bond donors (Lipinski definition) is 1. The average molecular weight is 372 g/mol. The molecule has 0 spiro atoms. The lowest BCUT2D eigenvalue weighted by molar-refractivity contribution is -0.121. The predicted molar refractivity (Wildman–Crippen MR) is 102 cm³/mol. The van der Waals surface area contributed by atoms with E-state index in [-0.39, 0.29) is 11.9 Å². The van der Waals surface area contributed by atoms with Crippen LogP contribution in [0.4, 0.5) is 0 Å². The Morgan fingerprint density at radius 3 is 2.89 bits per heavy atom. The van der Waals surface area contributed by atoms with Gasteiger partial charge >= 0.3 is 0 Å².